The zero-order chi connectivity index (χ0) is 23.2. The van der Waals surface area contributed by atoms with E-state index >= 15 is 0 Å². The Morgan fingerprint density at radius 2 is 2.00 bits per heavy atom. The number of urea groups is 1. The summed E-state index contributed by atoms with van der Waals surface area (Å²) in [6.07, 6.45) is 2.55. The summed E-state index contributed by atoms with van der Waals surface area (Å²) < 4.78 is 7.25. The monoisotopic (exact) mass is 449 g/mol. The number of primary amides is 1. The SMILES string of the molecule is CCOc1ccc(C[C@H](CNC(=O)Nc2cccc(-c3nnnn3C3CC3)c2)C(N)=O)cc1. The van der Waals surface area contributed by atoms with Gasteiger partial charge in [-0.1, -0.05) is 24.3 Å². The third-order valence-corrected chi connectivity index (χ3v) is 5.39. The van der Waals surface area contributed by atoms with Crippen LogP contribution in [0.2, 0.25) is 0 Å². The molecule has 3 amide bonds. The number of hydrogen-bond acceptors (Lipinski definition) is 6. The van der Waals surface area contributed by atoms with Crippen LogP contribution < -0.4 is 21.1 Å². The first-order valence-corrected chi connectivity index (χ1v) is 11.0. The molecule has 0 unspecified atom stereocenters. The molecule has 4 rings (SSSR count). The number of benzene rings is 2. The van der Waals surface area contributed by atoms with E-state index in [2.05, 4.69) is 26.2 Å². The van der Waals surface area contributed by atoms with Crippen LogP contribution in [0.15, 0.2) is 48.5 Å². The summed E-state index contributed by atoms with van der Waals surface area (Å²) >= 11 is 0. The highest BCUT2D eigenvalue weighted by molar-refractivity contribution is 5.90. The minimum atomic E-state index is -0.539. The maximum atomic E-state index is 12.5. The molecular formula is C23H27N7O3. The zero-order valence-corrected chi connectivity index (χ0v) is 18.4. The summed E-state index contributed by atoms with van der Waals surface area (Å²) in [5, 5.41) is 17.5. The number of aromatic nitrogens is 4. The highest BCUT2D eigenvalue weighted by atomic mass is 16.5. The molecule has 10 heteroatoms. The van der Waals surface area contributed by atoms with Gasteiger partial charge in [0.05, 0.1) is 18.6 Å². The minimum absolute atomic E-state index is 0.119. The van der Waals surface area contributed by atoms with Gasteiger partial charge in [-0.15, -0.1) is 5.10 Å². The number of carbonyl (C=O) groups excluding carboxylic acids is 2. The minimum Gasteiger partial charge on any atom is -0.494 e. The van der Waals surface area contributed by atoms with Crippen LogP contribution in [-0.4, -0.2) is 45.3 Å². The van der Waals surface area contributed by atoms with Gasteiger partial charge < -0.3 is 21.1 Å². The summed E-state index contributed by atoms with van der Waals surface area (Å²) in [7, 11) is 0. The first-order valence-electron chi connectivity index (χ1n) is 11.0. The van der Waals surface area contributed by atoms with Gasteiger partial charge in [0.15, 0.2) is 5.82 Å². The molecule has 4 N–H and O–H groups in total. The van der Waals surface area contributed by atoms with E-state index in [9.17, 15) is 9.59 Å². The number of carbonyl (C=O) groups is 2. The van der Waals surface area contributed by atoms with E-state index in [-0.39, 0.29) is 6.54 Å². The number of hydrogen-bond donors (Lipinski definition) is 3. The van der Waals surface area contributed by atoms with Crippen LogP contribution in [0.5, 0.6) is 5.75 Å². The van der Waals surface area contributed by atoms with Crippen molar-refractivity contribution in [2.75, 3.05) is 18.5 Å². The average molecular weight is 450 g/mol. The second-order valence-corrected chi connectivity index (χ2v) is 7.97. The lowest BCUT2D eigenvalue weighted by molar-refractivity contribution is -0.121. The predicted molar refractivity (Wildman–Crippen MR) is 123 cm³/mol. The molecule has 1 saturated carbocycles. The molecule has 0 bridgehead atoms. The van der Waals surface area contributed by atoms with Gasteiger partial charge in [0, 0.05) is 17.8 Å². The van der Waals surface area contributed by atoms with Crippen LogP contribution in [0, 0.1) is 5.92 Å². The Labute approximate surface area is 191 Å². The van der Waals surface area contributed by atoms with E-state index in [0.29, 0.717) is 30.6 Å². The number of nitrogens with two attached hydrogens (primary N) is 1. The number of rotatable bonds is 10. The Balaban J connectivity index is 1.34. The average Bonchev–Trinajstić information content (AvgIpc) is 3.54. The van der Waals surface area contributed by atoms with E-state index < -0.39 is 17.9 Å². The second-order valence-electron chi connectivity index (χ2n) is 7.97. The lowest BCUT2D eigenvalue weighted by atomic mass is 9.98. The van der Waals surface area contributed by atoms with Gasteiger partial charge in [-0.05, 0) is 66.4 Å². The Morgan fingerprint density at radius 1 is 1.21 bits per heavy atom. The van der Waals surface area contributed by atoms with Crippen LogP contribution >= 0.6 is 0 Å². The van der Waals surface area contributed by atoms with Gasteiger partial charge in [-0.3, -0.25) is 4.79 Å². The predicted octanol–water partition coefficient (Wildman–Crippen LogP) is 2.54. The molecule has 10 nitrogen and oxygen atoms in total. The van der Waals surface area contributed by atoms with Gasteiger partial charge in [-0.25, -0.2) is 9.48 Å². The van der Waals surface area contributed by atoms with Crippen molar-refractivity contribution in [3.8, 4) is 17.1 Å². The summed E-state index contributed by atoms with van der Waals surface area (Å²) in [5.74, 6) is 0.426. The van der Waals surface area contributed by atoms with E-state index in [1.165, 1.54) is 0 Å². The second kappa shape index (κ2) is 10.1. The highest BCUT2D eigenvalue weighted by Gasteiger charge is 2.28. The Bertz CT molecular complexity index is 1110. The zero-order valence-electron chi connectivity index (χ0n) is 18.4. The van der Waals surface area contributed by atoms with Crippen LogP contribution in [0.25, 0.3) is 11.4 Å². The standard InChI is InChI=1S/C23H27N7O3/c1-2-33-20-10-6-15(7-11-20)12-17(21(24)31)14-25-23(32)26-18-5-3-4-16(13-18)22-27-28-29-30(22)19-8-9-19/h3-7,10-11,13,17,19H,2,8-9,12,14H2,1H3,(H2,24,31)(H2,25,26,32)/t17-/m1/s1. The van der Waals surface area contributed by atoms with Crippen molar-refractivity contribution in [3.05, 3.63) is 54.1 Å². The summed E-state index contributed by atoms with van der Waals surface area (Å²) in [6, 6.07) is 14.7. The van der Waals surface area contributed by atoms with Crippen molar-refractivity contribution in [2.45, 2.75) is 32.2 Å². The largest absolute Gasteiger partial charge is 0.494 e. The smallest absolute Gasteiger partial charge is 0.319 e. The molecule has 3 aromatic rings. The Morgan fingerprint density at radius 3 is 2.70 bits per heavy atom. The number of ether oxygens (including phenoxy) is 1. The highest BCUT2D eigenvalue weighted by Crippen LogP contribution is 2.36. The van der Waals surface area contributed by atoms with E-state index in [4.69, 9.17) is 10.5 Å². The van der Waals surface area contributed by atoms with Crippen molar-refractivity contribution >= 4 is 17.6 Å². The summed E-state index contributed by atoms with van der Waals surface area (Å²) in [6.45, 7) is 2.62. The normalized spacial score (nSPS) is 13.8. The molecule has 1 aliphatic carbocycles. The van der Waals surface area contributed by atoms with Crippen molar-refractivity contribution in [1.82, 2.24) is 25.5 Å². The van der Waals surface area contributed by atoms with Gasteiger partial charge in [0.1, 0.15) is 5.75 Å². The Hall–Kier alpha value is -3.95. The molecule has 1 aliphatic rings. The fourth-order valence-corrected chi connectivity index (χ4v) is 3.52. The summed E-state index contributed by atoms with van der Waals surface area (Å²) in [4.78, 5) is 24.4. The van der Waals surface area contributed by atoms with Gasteiger partial charge in [0.2, 0.25) is 5.91 Å². The van der Waals surface area contributed by atoms with Crippen LogP contribution in [0.4, 0.5) is 10.5 Å². The first kappa shape index (κ1) is 22.3. The number of nitrogens with zero attached hydrogens (tertiary/aromatic N) is 4. The quantitative estimate of drug-likeness (QED) is 0.435. The molecule has 1 aromatic heterocycles. The molecule has 0 spiro atoms. The number of nitrogens with one attached hydrogen (secondary N) is 2. The fraction of sp³-hybridized carbons (Fsp3) is 0.348. The molecular weight excluding hydrogens is 422 g/mol. The van der Waals surface area contributed by atoms with Gasteiger partial charge >= 0.3 is 6.03 Å². The van der Waals surface area contributed by atoms with Crippen LogP contribution in [0.3, 0.4) is 0 Å². The van der Waals surface area contributed by atoms with Crippen molar-refractivity contribution in [1.29, 1.82) is 0 Å². The molecule has 1 heterocycles. The third kappa shape index (κ3) is 5.85. The Kier molecular flexibility index (Phi) is 6.82. The van der Waals surface area contributed by atoms with Crippen LogP contribution in [-0.2, 0) is 11.2 Å². The molecule has 2 aromatic carbocycles. The molecule has 0 radical (unpaired) electrons. The summed E-state index contributed by atoms with van der Waals surface area (Å²) in [5.41, 5.74) is 7.91. The van der Waals surface area contributed by atoms with Crippen molar-refractivity contribution in [2.24, 2.45) is 11.7 Å². The third-order valence-electron chi connectivity index (χ3n) is 5.39. The number of anilines is 1. The fourth-order valence-electron chi connectivity index (χ4n) is 3.52. The van der Waals surface area contributed by atoms with E-state index in [1.54, 1.807) is 6.07 Å². The molecule has 172 valence electrons. The maximum Gasteiger partial charge on any atom is 0.319 e. The molecule has 1 atom stereocenters. The number of tetrazole rings is 1. The molecule has 0 saturated heterocycles. The molecule has 33 heavy (non-hydrogen) atoms. The van der Waals surface area contributed by atoms with Gasteiger partial charge in [0.25, 0.3) is 0 Å². The van der Waals surface area contributed by atoms with E-state index in [0.717, 1.165) is 29.7 Å². The number of amides is 3. The lowest BCUT2D eigenvalue weighted by Gasteiger charge is -2.15. The lowest BCUT2D eigenvalue weighted by Crippen LogP contribution is -2.39. The first-order chi connectivity index (χ1) is 16.0. The van der Waals surface area contributed by atoms with Gasteiger partial charge in [-0.2, -0.15) is 0 Å². The van der Waals surface area contributed by atoms with Crippen molar-refractivity contribution < 1.29 is 14.3 Å². The van der Waals surface area contributed by atoms with Crippen molar-refractivity contribution in [3.63, 3.8) is 0 Å². The topological polar surface area (TPSA) is 137 Å². The van der Waals surface area contributed by atoms with E-state index in [1.807, 2.05) is 54.1 Å². The molecule has 0 aliphatic heterocycles. The van der Waals surface area contributed by atoms with Crippen LogP contribution in [0.1, 0.15) is 31.4 Å². The molecule has 1 fully saturated rings. The maximum absolute atomic E-state index is 12.5.